The number of nitrogen functional groups attached to an aromatic ring is 1. The van der Waals surface area contributed by atoms with E-state index in [-0.39, 0.29) is 12.6 Å². The Morgan fingerprint density at radius 1 is 1.33 bits per heavy atom. The number of urea groups is 1. The van der Waals surface area contributed by atoms with Crippen LogP contribution in [0.25, 0.3) is 0 Å². The average molecular weight is 395 g/mol. The van der Waals surface area contributed by atoms with Crippen molar-refractivity contribution in [3.05, 3.63) is 17.1 Å². The zero-order chi connectivity index (χ0) is 19.4. The lowest BCUT2D eigenvalue weighted by Crippen LogP contribution is -2.49. The largest absolute Gasteiger partial charge is 0.463 e. The number of aromatic nitrogens is 3. The molecule has 0 aromatic carbocycles. The van der Waals surface area contributed by atoms with E-state index in [4.69, 9.17) is 10.6 Å². The summed E-state index contributed by atoms with van der Waals surface area (Å²) in [5, 5.41) is 14.4. The number of thioether (sulfide) groups is 1. The third kappa shape index (κ3) is 4.37. The number of carbonyl (C=O) groups excluding carboxylic acids is 2. The number of nitrogens with two attached hydrogens (primary N) is 1. The number of rotatable bonds is 6. The molecule has 0 radical (unpaired) electrons. The molecular formula is C17H26N6O3S. The van der Waals surface area contributed by atoms with Gasteiger partial charge in [0.1, 0.15) is 0 Å². The summed E-state index contributed by atoms with van der Waals surface area (Å²) in [4.78, 5) is 24.1. The maximum absolute atomic E-state index is 12.3. The summed E-state index contributed by atoms with van der Waals surface area (Å²) < 4.78 is 6.66. The molecule has 4 N–H and O–H groups in total. The van der Waals surface area contributed by atoms with Gasteiger partial charge in [0.15, 0.2) is 5.82 Å². The number of esters is 1. The number of nitrogens with zero attached hydrogens (tertiary/aromatic N) is 3. The number of carbonyl (C=O) groups is 2. The molecule has 2 heterocycles. The standard InChI is InChI=1S/C17H26N6O3S/c1-3-26-15(24)13-10(2)19-16(25)20-12(13)9-27-17-22-21-14(23(17)18)11-7-5-4-6-8-11/h10-11H,3-9,18H2,1-2H3,(H2,19,20,25). The van der Waals surface area contributed by atoms with Crippen LogP contribution in [0.3, 0.4) is 0 Å². The minimum Gasteiger partial charge on any atom is -0.463 e. The topological polar surface area (TPSA) is 124 Å². The van der Waals surface area contributed by atoms with E-state index in [1.807, 2.05) is 0 Å². The van der Waals surface area contributed by atoms with Crippen LogP contribution < -0.4 is 16.5 Å². The molecule has 3 rings (SSSR count). The minimum atomic E-state index is -0.440. The van der Waals surface area contributed by atoms with Crippen LogP contribution in [0, 0.1) is 0 Å². The second-order valence-corrected chi connectivity index (χ2v) is 7.71. The van der Waals surface area contributed by atoms with Crippen LogP contribution in [-0.4, -0.2) is 45.3 Å². The van der Waals surface area contributed by atoms with Gasteiger partial charge >= 0.3 is 12.0 Å². The first kappa shape index (κ1) is 19.5. The summed E-state index contributed by atoms with van der Waals surface area (Å²) in [5.41, 5.74) is 0.927. The molecular weight excluding hydrogens is 368 g/mol. The molecule has 2 aliphatic rings. The van der Waals surface area contributed by atoms with Crippen LogP contribution in [0.5, 0.6) is 0 Å². The van der Waals surface area contributed by atoms with Gasteiger partial charge in [0.05, 0.1) is 18.2 Å². The Balaban J connectivity index is 1.75. The van der Waals surface area contributed by atoms with Gasteiger partial charge in [0.2, 0.25) is 5.16 Å². The molecule has 10 heteroatoms. The first-order valence-electron chi connectivity index (χ1n) is 9.32. The smallest absolute Gasteiger partial charge is 0.337 e. The Morgan fingerprint density at radius 2 is 2.07 bits per heavy atom. The van der Waals surface area contributed by atoms with Crippen LogP contribution in [0.15, 0.2) is 16.4 Å². The van der Waals surface area contributed by atoms with E-state index < -0.39 is 12.0 Å². The maximum atomic E-state index is 12.3. The highest BCUT2D eigenvalue weighted by Crippen LogP contribution is 2.32. The van der Waals surface area contributed by atoms with Crippen LogP contribution >= 0.6 is 11.8 Å². The van der Waals surface area contributed by atoms with Gasteiger partial charge < -0.3 is 21.2 Å². The molecule has 1 aromatic heterocycles. The first-order chi connectivity index (χ1) is 13.0. The highest BCUT2D eigenvalue weighted by Gasteiger charge is 2.30. The van der Waals surface area contributed by atoms with Crippen molar-refractivity contribution in [2.24, 2.45) is 0 Å². The van der Waals surface area contributed by atoms with Crippen molar-refractivity contribution in [2.45, 2.75) is 63.1 Å². The van der Waals surface area contributed by atoms with E-state index in [2.05, 4.69) is 20.8 Å². The number of amides is 2. The first-order valence-corrected chi connectivity index (χ1v) is 10.3. The summed E-state index contributed by atoms with van der Waals surface area (Å²) in [6.45, 7) is 3.77. The molecule has 2 amide bonds. The van der Waals surface area contributed by atoms with Gasteiger partial charge in [-0.3, -0.25) is 0 Å². The highest BCUT2D eigenvalue weighted by atomic mass is 32.2. The maximum Gasteiger partial charge on any atom is 0.337 e. The Kier molecular flexibility index (Phi) is 6.25. The third-order valence-corrected chi connectivity index (χ3v) is 5.84. The van der Waals surface area contributed by atoms with Crippen molar-refractivity contribution < 1.29 is 14.3 Å². The van der Waals surface area contributed by atoms with E-state index in [1.54, 1.807) is 13.8 Å². The van der Waals surface area contributed by atoms with E-state index in [0.717, 1.165) is 18.7 Å². The molecule has 148 valence electrons. The summed E-state index contributed by atoms with van der Waals surface area (Å²) >= 11 is 1.34. The zero-order valence-electron chi connectivity index (χ0n) is 15.7. The van der Waals surface area contributed by atoms with Gasteiger partial charge in [-0.05, 0) is 26.7 Å². The monoisotopic (exact) mass is 394 g/mol. The predicted octanol–water partition coefficient (Wildman–Crippen LogP) is 1.65. The Bertz CT molecular complexity index is 741. The molecule has 1 atom stereocenters. The predicted molar refractivity (Wildman–Crippen MR) is 102 cm³/mol. The molecule has 1 aliphatic carbocycles. The molecule has 27 heavy (non-hydrogen) atoms. The lowest BCUT2D eigenvalue weighted by molar-refractivity contribution is -0.138. The fraction of sp³-hybridized carbons (Fsp3) is 0.647. The van der Waals surface area contributed by atoms with Crippen molar-refractivity contribution >= 4 is 23.8 Å². The van der Waals surface area contributed by atoms with Gasteiger partial charge in [-0.25, -0.2) is 14.3 Å². The van der Waals surface area contributed by atoms with E-state index in [1.165, 1.54) is 35.7 Å². The number of hydrogen-bond acceptors (Lipinski definition) is 7. The second-order valence-electron chi connectivity index (χ2n) is 6.77. The molecule has 9 nitrogen and oxygen atoms in total. The van der Waals surface area contributed by atoms with Gasteiger partial charge in [-0.2, -0.15) is 0 Å². The summed E-state index contributed by atoms with van der Waals surface area (Å²) in [6, 6.07) is -0.773. The molecule has 1 unspecified atom stereocenters. The SMILES string of the molecule is CCOC(=O)C1=C(CSc2nnc(C3CCCCC3)n2N)NC(=O)NC1C. The molecule has 1 aliphatic heterocycles. The normalized spacial score (nSPS) is 21.0. The number of nitrogens with one attached hydrogen (secondary N) is 2. The molecule has 0 saturated heterocycles. The molecule has 1 saturated carbocycles. The third-order valence-electron chi connectivity index (χ3n) is 4.87. The van der Waals surface area contributed by atoms with Crippen LogP contribution in [-0.2, 0) is 9.53 Å². The molecule has 0 spiro atoms. The summed E-state index contributed by atoms with van der Waals surface area (Å²) in [5.74, 6) is 7.26. The van der Waals surface area contributed by atoms with Crippen molar-refractivity contribution in [3.63, 3.8) is 0 Å². The van der Waals surface area contributed by atoms with Gasteiger partial charge in [-0.1, -0.05) is 31.0 Å². The van der Waals surface area contributed by atoms with Gasteiger partial charge in [0.25, 0.3) is 0 Å². The molecule has 1 fully saturated rings. The van der Waals surface area contributed by atoms with E-state index >= 15 is 0 Å². The summed E-state index contributed by atoms with van der Waals surface area (Å²) in [7, 11) is 0. The van der Waals surface area contributed by atoms with Crippen LogP contribution in [0.2, 0.25) is 0 Å². The van der Waals surface area contributed by atoms with Crippen molar-refractivity contribution in [1.82, 2.24) is 25.5 Å². The number of hydrogen-bond donors (Lipinski definition) is 3. The Labute approximate surface area is 162 Å². The fourth-order valence-electron chi connectivity index (χ4n) is 3.56. The lowest BCUT2D eigenvalue weighted by Gasteiger charge is -2.26. The van der Waals surface area contributed by atoms with E-state index in [0.29, 0.717) is 28.1 Å². The fourth-order valence-corrected chi connectivity index (χ4v) is 4.39. The van der Waals surface area contributed by atoms with Crippen LogP contribution in [0.4, 0.5) is 4.79 Å². The summed E-state index contributed by atoms with van der Waals surface area (Å²) in [6.07, 6.45) is 5.79. The minimum absolute atomic E-state index is 0.269. The lowest BCUT2D eigenvalue weighted by atomic mass is 9.89. The van der Waals surface area contributed by atoms with Crippen molar-refractivity contribution in [1.29, 1.82) is 0 Å². The van der Waals surface area contributed by atoms with E-state index in [9.17, 15) is 9.59 Å². The van der Waals surface area contributed by atoms with Crippen molar-refractivity contribution in [2.75, 3.05) is 18.2 Å². The van der Waals surface area contributed by atoms with Crippen molar-refractivity contribution in [3.8, 4) is 0 Å². The number of ether oxygens (including phenoxy) is 1. The van der Waals surface area contributed by atoms with Crippen LogP contribution in [0.1, 0.15) is 57.7 Å². The zero-order valence-corrected chi connectivity index (χ0v) is 16.5. The highest BCUT2D eigenvalue weighted by molar-refractivity contribution is 7.99. The van der Waals surface area contributed by atoms with Gasteiger partial charge in [-0.15, -0.1) is 10.2 Å². The average Bonchev–Trinajstić information content (AvgIpc) is 3.01. The quantitative estimate of drug-likeness (QED) is 0.381. The molecule has 0 bridgehead atoms. The van der Waals surface area contributed by atoms with Gasteiger partial charge in [0, 0.05) is 17.4 Å². The Hall–Kier alpha value is -2.23. The molecule has 1 aromatic rings. The Morgan fingerprint density at radius 3 is 2.78 bits per heavy atom. The second kappa shape index (κ2) is 8.64.